The van der Waals surface area contributed by atoms with Crippen molar-refractivity contribution in [3.8, 4) is 0 Å². The molecule has 1 rings (SSSR count). The highest BCUT2D eigenvalue weighted by Crippen LogP contribution is 2.09. The molecule has 0 saturated carbocycles. The number of halogens is 1. The molecule has 18 heavy (non-hydrogen) atoms. The van der Waals surface area contributed by atoms with Crippen LogP contribution in [0.3, 0.4) is 0 Å². The van der Waals surface area contributed by atoms with Gasteiger partial charge in [0.1, 0.15) is 5.82 Å². The van der Waals surface area contributed by atoms with Crippen LogP contribution < -0.4 is 5.32 Å². The van der Waals surface area contributed by atoms with Crippen LogP contribution in [0.4, 0.5) is 4.39 Å². The first-order valence-electron chi connectivity index (χ1n) is 5.71. The van der Waals surface area contributed by atoms with Crippen molar-refractivity contribution in [2.45, 2.75) is 19.8 Å². The Bertz CT molecular complexity index is 446. The molecule has 4 nitrogen and oxygen atoms in total. The van der Waals surface area contributed by atoms with E-state index in [4.69, 9.17) is 0 Å². The number of benzene rings is 1. The second-order valence-corrected chi connectivity index (χ2v) is 3.78. The number of esters is 1. The Kier molecular flexibility index (Phi) is 5.30. The van der Waals surface area contributed by atoms with Crippen LogP contribution in [0.5, 0.6) is 0 Å². The van der Waals surface area contributed by atoms with Gasteiger partial charge in [-0.3, -0.25) is 9.59 Å². The predicted molar refractivity (Wildman–Crippen MR) is 64.7 cm³/mol. The number of ether oxygens (including phenoxy) is 1. The lowest BCUT2D eigenvalue weighted by Crippen LogP contribution is -2.26. The van der Waals surface area contributed by atoms with E-state index in [1.807, 2.05) is 6.92 Å². The van der Waals surface area contributed by atoms with Crippen LogP contribution in [0.1, 0.15) is 29.3 Å². The summed E-state index contributed by atoms with van der Waals surface area (Å²) in [5, 5.41) is 2.54. The molecule has 1 aromatic rings. The molecule has 0 bridgehead atoms. The van der Waals surface area contributed by atoms with Gasteiger partial charge in [0.15, 0.2) is 0 Å². The lowest BCUT2D eigenvalue weighted by molar-refractivity contribution is -0.140. The van der Waals surface area contributed by atoms with Crippen LogP contribution in [0.25, 0.3) is 0 Å². The van der Waals surface area contributed by atoms with Gasteiger partial charge in [-0.05, 0) is 30.2 Å². The Morgan fingerprint density at radius 3 is 2.67 bits per heavy atom. The SMILES string of the molecule is CCc1cc(F)cc(C(=O)NCCC(=O)OC)c1. The first kappa shape index (κ1) is 14.2. The third-order valence-corrected chi connectivity index (χ3v) is 2.47. The molecular formula is C13H16FNO3. The average Bonchev–Trinajstić information content (AvgIpc) is 2.37. The first-order chi connectivity index (χ1) is 8.56. The van der Waals surface area contributed by atoms with Gasteiger partial charge in [0.05, 0.1) is 13.5 Å². The van der Waals surface area contributed by atoms with E-state index in [1.165, 1.54) is 19.2 Å². The molecule has 0 radical (unpaired) electrons. The summed E-state index contributed by atoms with van der Waals surface area (Å²) in [6, 6.07) is 4.20. The molecule has 1 amide bonds. The number of carbonyl (C=O) groups is 2. The molecule has 1 aromatic carbocycles. The number of carbonyl (C=O) groups excluding carboxylic acids is 2. The molecule has 0 saturated heterocycles. The Hall–Kier alpha value is -1.91. The van der Waals surface area contributed by atoms with Crippen LogP contribution in [-0.2, 0) is 16.0 Å². The monoisotopic (exact) mass is 253 g/mol. The minimum absolute atomic E-state index is 0.0954. The second kappa shape index (κ2) is 6.74. The summed E-state index contributed by atoms with van der Waals surface area (Å²) in [5.74, 6) is -1.23. The highest BCUT2D eigenvalue weighted by atomic mass is 19.1. The molecule has 0 heterocycles. The summed E-state index contributed by atoms with van der Waals surface area (Å²) >= 11 is 0. The third-order valence-electron chi connectivity index (χ3n) is 2.47. The van der Waals surface area contributed by atoms with Crippen LogP contribution in [0, 0.1) is 5.82 Å². The number of nitrogens with one attached hydrogen (secondary N) is 1. The maximum atomic E-state index is 13.2. The molecule has 0 aliphatic heterocycles. The van der Waals surface area contributed by atoms with E-state index in [2.05, 4.69) is 10.1 Å². The van der Waals surface area contributed by atoms with Gasteiger partial charge in [0, 0.05) is 12.1 Å². The van der Waals surface area contributed by atoms with Crippen LogP contribution >= 0.6 is 0 Å². The molecule has 0 aliphatic carbocycles. The van der Waals surface area contributed by atoms with Crippen LogP contribution in [-0.4, -0.2) is 25.5 Å². The molecule has 0 spiro atoms. The minimum atomic E-state index is -0.438. The first-order valence-corrected chi connectivity index (χ1v) is 5.71. The van der Waals surface area contributed by atoms with Crippen LogP contribution in [0.15, 0.2) is 18.2 Å². The molecule has 0 aromatic heterocycles. The summed E-state index contributed by atoms with van der Waals surface area (Å²) < 4.78 is 17.7. The molecule has 5 heteroatoms. The Morgan fingerprint density at radius 2 is 2.06 bits per heavy atom. The maximum Gasteiger partial charge on any atom is 0.307 e. The highest BCUT2D eigenvalue weighted by Gasteiger charge is 2.09. The maximum absolute atomic E-state index is 13.2. The molecular weight excluding hydrogens is 237 g/mol. The van der Waals surface area contributed by atoms with E-state index in [1.54, 1.807) is 6.07 Å². The van der Waals surface area contributed by atoms with Crippen molar-refractivity contribution < 1.29 is 18.7 Å². The van der Waals surface area contributed by atoms with Crippen molar-refractivity contribution in [1.82, 2.24) is 5.32 Å². The third kappa shape index (κ3) is 4.16. The van der Waals surface area contributed by atoms with Gasteiger partial charge in [-0.2, -0.15) is 0 Å². The summed E-state index contributed by atoms with van der Waals surface area (Å²) in [6.45, 7) is 2.05. The van der Waals surface area contributed by atoms with E-state index in [0.717, 1.165) is 5.56 Å². The number of amides is 1. The summed E-state index contributed by atoms with van der Waals surface area (Å²) in [4.78, 5) is 22.6. The van der Waals surface area contributed by atoms with Gasteiger partial charge < -0.3 is 10.1 Å². The van der Waals surface area contributed by atoms with Crippen molar-refractivity contribution in [3.05, 3.63) is 35.1 Å². The average molecular weight is 253 g/mol. The summed E-state index contributed by atoms with van der Waals surface area (Å²) in [5.41, 5.74) is 1.02. The van der Waals surface area contributed by atoms with Crippen molar-refractivity contribution in [3.63, 3.8) is 0 Å². The number of aryl methyl sites for hydroxylation is 1. The quantitative estimate of drug-likeness (QED) is 0.812. The van der Waals surface area contributed by atoms with Crippen molar-refractivity contribution in [2.24, 2.45) is 0 Å². The number of rotatable bonds is 5. The Morgan fingerprint density at radius 1 is 1.33 bits per heavy atom. The summed E-state index contributed by atoms with van der Waals surface area (Å²) in [6.07, 6.45) is 0.748. The normalized spacial score (nSPS) is 9.94. The number of hydrogen-bond donors (Lipinski definition) is 1. The number of hydrogen-bond acceptors (Lipinski definition) is 3. The fourth-order valence-electron chi connectivity index (χ4n) is 1.47. The predicted octanol–water partition coefficient (Wildman–Crippen LogP) is 1.68. The van der Waals surface area contributed by atoms with Crippen molar-refractivity contribution in [2.75, 3.05) is 13.7 Å². The molecule has 98 valence electrons. The molecule has 0 atom stereocenters. The lowest BCUT2D eigenvalue weighted by atomic mass is 10.1. The molecule has 0 unspecified atom stereocenters. The largest absolute Gasteiger partial charge is 0.469 e. The zero-order valence-electron chi connectivity index (χ0n) is 10.5. The Balaban J connectivity index is 2.61. The second-order valence-electron chi connectivity index (χ2n) is 3.78. The van der Waals surface area contributed by atoms with Gasteiger partial charge >= 0.3 is 5.97 Å². The summed E-state index contributed by atoms with van der Waals surface area (Å²) in [7, 11) is 1.28. The van der Waals surface area contributed by atoms with Gasteiger partial charge in [-0.25, -0.2) is 4.39 Å². The fourth-order valence-corrected chi connectivity index (χ4v) is 1.47. The van der Waals surface area contributed by atoms with Gasteiger partial charge in [0.2, 0.25) is 0 Å². The van der Waals surface area contributed by atoms with Crippen molar-refractivity contribution >= 4 is 11.9 Å². The van der Waals surface area contributed by atoms with Gasteiger partial charge in [-0.15, -0.1) is 0 Å². The fraction of sp³-hybridized carbons (Fsp3) is 0.385. The Labute approximate surface area is 105 Å². The van der Waals surface area contributed by atoms with E-state index >= 15 is 0 Å². The van der Waals surface area contributed by atoms with E-state index in [0.29, 0.717) is 6.42 Å². The molecule has 0 aliphatic rings. The topological polar surface area (TPSA) is 55.4 Å². The van der Waals surface area contributed by atoms with E-state index in [9.17, 15) is 14.0 Å². The van der Waals surface area contributed by atoms with Gasteiger partial charge in [0.25, 0.3) is 5.91 Å². The zero-order valence-corrected chi connectivity index (χ0v) is 10.5. The van der Waals surface area contributed by atoms with Crippen LogP contribution in [0.2, 0.25) is 0 Å². The number of methoxy groups -OCH3 is 1. The highest BCUT2D eigenvalue weighted by molar-refractivity contribution is 5.94. The van der Waals surface area contributed by atoms with Gasteiger partial charge in [-0.1, -0.05) is 6.92 Å². The van der Waals surface area contributed by atoms with E-state index in [-0.39, 0.29) is 18.5 Å². The molecule has 1 N–H and O–H groups in total. The minimum Gasteiger partial charge on any atom is -0.469 e. The smallest absolute Gasteiger partial charge is 0.307 e. The standard InChI is InChI=1S/C13H16FNO3/c1-3-9-6-10(8-11(14)7-9)13(17)15-5-4-12(16)18-2/h6-8H,3-5H2,1-2H3,(H,15,17). The molecule has 0 fully saturated rings. The zero-order chi connectivity index (χ0) is 13.5. The van der Waals surface area contributed by atoms with E-state index < -0.39 is 17.7 Å². The lowest BCUT2D eigenvalue weighted by Gasteiger charge is -2.06. The van der Waals surface area contributed by atoms with Crippen molar-refractivity contribution in [1.29, 1.82) is 0 Å².